The summed E-state index contributed by atoms with van der Waals surface area (Å²) in [5.74, 6) is -2.52. The Morgan fingerprint density at radius 3 is 2.26 bits per heavy atom. The summed E-state index contributed by atoms with van der Waals surface area (Å²) >= 11 is 0. The molecule has 12 heteroatoms. The number of halogens is 1. The van der Waals surface area contributed by atoms with Gasteiger partial charge in [0.2, 0.25) is 20.0 Å². The number of anilines is 1. The maximum Gasteiger partial charge on any atom is 0.258 e. The van der Waals surface area contributed by atoms with Gasteiger partial charge < -0.3 is 10.0 Å². The molecule has 3 aromatic rings. The van der Waals surface area contributed by atoms with E-state index in [-0.39, 0.29) is 40.8 Å². The number of amides is 1. The van der Waals surface area contributed by atoms with Crippen LogP contribution in [0, 0.1) is 5.82 Å². The van der Waals surface area contributed by atoms with E-state index >= 15 is 0 Å². The highest BCUT2D eigenvalue weighted by atomic mass is 32.3. The van der Waals surface area contributed by atoms with E-state index < -0.39 is 49.0 Å². The number of phenolic OH excluding ortho intramolecular Hbond substituents is 1. The molecule has 2 heterocycles. The summed E-state index contributed by atoms with van der Waals surface area (Å²) in [6.07, 6.45) is 1.35. The molecule has 0 radical (unpaired) electrons. The highest BCUT2D eigenvalue weighted by Crippen LogP contribution is 2.45. The third-order valence-corrected chi connectivity index (χ3v) is 9.86. The largest absolute Gasteiger partial charge is 0.505 e. The van der Waals surface area contributed by atoms with Gasteiger partial charge in [0, 0.05) is 30.2 Å². The highest BCUT2D eigenvalue weighted by molar-refractivity contribution is 8.10. The van der Waals surface area contributed by atoms with E-state index in [4.69, 9.17) is 0 Å². The van der Waals surface area contributed by atoms with E-state index in [1.165, 1.54) is 61.3 Å². The Hall–Kier alpha value is -3.25. The summed E-state index contributed by atoms with van der Waals surface area (Å²) in [4.78, 5) is 18.7. The molecule has 0 saturated heterocycles. The number of aromatic hydroxyl groups is 1. The second-order valence-electron chi connectivity index (χ2n) is 7.74. The summed E-state index contributed by atoms with van der Waals surface area (Å²) in [6.45, 7) is 2.52. The summed E-state index contributed by atoms with van der Waals surface area (Å²) in [5, 5.41) is 11.0. The van der Waals surface area contributed by atoms with Gasteiger partial charge in [-0.05, 0) is 43.7 Å². The van der Waals surface area contributed by atoms with Gasteiger partial charge in [0.15, 0.2) is 5.75 Å². The van der Waals surface area contributed by atoms with Crippen molar-refractivity contribution in [2.24, 2.45) is 0 Å². The van der Waals surface area contributed by atoms with Gasteiger partial charge in [0.05, 0.1) is 22.8 Å². The van der Waals surface area contributed by atoms with Gasteiger partial charge in [-0.3, -0.25) is 9.78 Å². The lowest BCUT2D eigenvalue weighted by Crippen LogP contribution is -2.40. The second kappa shape index (κ2) is 8.51. The lowest BCUT2D eigenvalue weighted by atomic mass is 10.0. The Morgan fingerprint density at radius 2 is 1.68 bits per heavy atom. The molecule has 0 saturated carbocycles. The lowest BCUT2D eigenvalue weighted by molar-refractivity contribution is 0.0764. The predicted octanol–water partition coefficient (Wildman–Crippen LogP) is 2.74. The maximum absolute atomic E-state index is 13.3. The molecule has 0 spiro atoms. The van der Waals surface area contributed by atoms with Gasteiger partial charge in [-0.25, -0.2) is 21.2 Å². The summed E-state index contributed by atoms with van der Waals surface area (Å²) < 4.78 is 65.9. The SMILES string of the molecule is CCS(=O)(=O)N(c1c2c(c(O)c3ncccc13)C(=O)N(Cc1ccc(F)cc1)C2)S(=O)(=O)CC. The minimum atomic E-state index is -4.34. The number of rotatable bonds is 7. The van der Waals surface area contributed by atoms with Crippen LogP contribution in [0.2, 0.25) is 0 Å². The Bertz CT molecular complexity index is 1470. The Morgan fingerprint density at radius 1 is 1.06 bits per heavy atom. The van der Waals surface area contributed by atoms with Crippen molar-refractivity contribution >= 4 is 42.5 Å². The van der Waals surface area contributed by atoms with Crippen molar-refractivity contribution in [3.63, 3.8) is 0 Å². The van der Waals surface area contributed by atoms with Gasteiger partial charge in [0.1, 0.15) is 11.3 Å². The second-order valence-corrected chi connectivity index (χ2v) is 12.2. The van der Waals surface area contributed by atoms with Crippen molar-refractivity contribution in [2.45, 2.75) is 26.9 Å². The first-order valence-electron chi connectivity index (χ1n) is 10.4. The van der Waals surface area contributed by atoms with Gasteiger partial charge in [-0.1, -0.05) is 12.1 Å². The zero-order chi connectivity index (χ0) is 24.8. The number of pyridine rings is 1. The van der Waals surface area contributed by atoms with Crippen LogP contribution in [-0.2, 0) is 33.1 Å². The minimum absolute atomic E-state index is 0.0392. The fourth-order valence-corrected chi connectivity index (χ4v) is 7.42. The highest BCUT2D eigenvalue weighted by Gasteiger charge is 2.41. The summed E-state index contributed by atoms with van der Waals surface area (Å²) in [5.41, 5.74) is 0.168. The van der Waals surface area contributed by atoms with Crippen LogP contribution >= 0.6 is 0 Å². The molecule has 1 amide bonds. The number of benzene rings is 2. The molecule has 0 fully saturated rings. The zero-order valence-corrected chi connectivity index (χ0v) is 20.0. The van der Waals surface area contributed by atoms with Gasteiger partial charge in [-0.15, -0.1) is 0 Å². The normalized spacial score (nSPS) is 14.0. The van der Waals surface area contributed by atoms with Crippen molar-refractivity contribution in [1.29, 1.82) is 0 Å². The van der Waals surface area contributed by atoms with E-state index in [0.29, 0.717) is 9.27 Å². The number of fused-ring (bicyclic) bond motifs is 2. The topological polar surface area (TPSA) is 125 Å². The fourth-order valence-electron chi connectivity index (χ4n) is 3.96. The molecule has 1 aromatic heterocycles. The first kappa shape index (κ1) is 23.9. The molecule has 1 aliphatic heterocycles. The van der Waals surface area contributed by atoms with E-state index in [0.717, 1.165) is 0 Å². The summed E-state index contributed by atoms with van der Waals surface area (Å²) in [7, 11) is -8.69. The maximum atomic E-state index is 13.3. The van der Waals surface area contributed by atoms with Gasteiger partial charge >= 0.3 is 0 Å². The Kier molecular flexibility index (Phi) is 5.98. The van der Waals surface area contributed by atoms with Crippen LogP contribution in [0.15, 0.2) is 42.6 Å². The van der Waals surface area contributed by atoms with Crippen molar-refractivity contribution in [3.05, 3.63) is 65.1 Å². The monoisotopic (exact) mass is 507 g/mol. The Balaban J connectivity index is 1.99. The Labute approximate surface area is 196 Å². The number of hydrogen-bond donors (Lipinski definition) is 1. The first-order valence-corrected chi connectivity index (χ1v) is 13.7. The number of hydrogen-bond acceptors (Lipinski definition) is 7. The summed E-state index contributed by atoms with van der Waals surface area (Å²) in [6, 6.07) is 8.43. The molecular weight excluding hydrogens is 485 g/mol. The minimum Gasteiger partial charge on any atom is -0.505 e. The molecule has 1 N–H and O–H groups in total. The van der Waals surface area contributed by atoms with Crippen molar-refractivity contribution in [3.8, 4) is 5.75 Å². The van der Waals surface area contributed by atoms with Crippen LogP contribution in [-0.4, -0.2) is 49.2 Å². The third-order valence-electron chi connectivity index (χ3n) is 5.67. The third kappa shape index (κ3) is 3.86. The van der Waals surface area contributed by atoms with Crippen LogP contribution in [0.1, 0.15) is 35.3 Å². The lowest BCUT2D eigenvalue weighted by Gasteiger charge is -2.26. The predicted molar refractivity (Wildman–Crippen MR) is 125 cm³/mol. The molecule has 0 aliphatic carbocycles. The van der Waals surface area contributed by atoms with Crippen LogP contribution in [0.3, 0.4) is 0 Å². The number of carbonyl (C=O) groups is 1. The molecule has 2 aromatic carbocycles. The van der Waals surface area contributed by atoms with Crippen LogP contribution < -0.4 is 3.71 Å². The number of sulfonamides is 2. The van der Waals surface area contributed by atoms with Crippen molar-refractivity contribution in [2.75, 3.05) is 15.2 Å². The number of carbonyl (C=O) groups excluding carboxylic acids is 1. The molecule has 0 atom stereocenters. The van der Waals surface area contributed by atoms with E-state index in [9.17, 15) is 31.1 Å². The fraction of sp³-hybridized carbons (Fsp3) is 0.273. The molecule has 34 heavy (non-hydrogen) atoms. The average Bonchev–Trinajstić information content (AvgIpc) is 3.13. The average molecular weight is 508 g/mol. The molecule has 180 valence electrons. The van der Waals surface area contributed by atoms with Crippen molar-refractivity contribution < 1.29 is 31.1 Å². The zero-order valence-electron chi connectivity index (χ0n) is 18.4. The molecule has 9 nitrogen and oxygen atoms in total. The van der Waals surface area contributed by atoms with Crippen LogP contribution in [0.25, 0.3) is 10.9 Å². The van der Waals surface area contributed by atoms with Gasteiger partial charge in [0.25, 0.3) is 5.91 Å². The molecule has 1 aliphatic rings. The molecular formula is C22H22FN3O6S2. The quantitative estimate of drug-likeness (QED) is 0.521. The number of nitrogens with zero attached hydrogens (tertiary/aromatic N) is 3. The van der Waals surface area contributed by atoms with E-state index in [1.54, 1.807) is 0 Å². The van der Waals surface area contributed by atoms with Crippen molar-refractivity contribution in [1.82, 2.24) is 9.88 Å². The first-order chi connectivity index (χ1) is 16.0. The molecule has 0 bridgehead atoms. The standard InChI is InChI=1S/C22H22FN3O6S2/c1-3-33(29,30)26(34(31,32)4-2)20-16-6-5-11-24-19(16)21(27)18-17(20)13-25(22(18)28)12-14-7-9-15(23)10-8-14/h5-11,27H,3-4,12-13H2,1-2H3. The van der Waals surface area contributed by atoms with Crippen LogP contribution in [0.5, 0.6) is 5.75 Å². The van der Waals surface area contributed by atoms with E-state index in [2.05, 4.69) is 4.98 Å². The molecule has 0 unspecified atom stereocenters. The smallest absolute Gasteiger partial charge is 0.258 e. The number of phenols is 1. The number of aromatic nitrogens is 1. The van der Waals surface area contributed by atoms with Gasteiger partial charge in [-0.2, -0.15) is 3.71 Å². The van der Waals surface area contributed by atoms with E-state index in [1.807, 2.05) is 0 Å². The molecule has 4 rings (SSSR count). The van der Waals surface area contributed by atoms with Crippen LogP contribution in [0.4, 0.5) is 10.1 Å².